The number of aromatic nitrogens is 3. The number of nitrogens with one attached hydrogen (secondary N) is 2. The second-order valence-corrected chi connectivity index (χ2v) is 6.69. The number of nitrogens with zero attached hydrogens (tertiary/aromatic N) is 3. The van der Waals surface area contributed by atoms with Gasteiger partial charge in [0.2, 0.25) is 0 Å². The number of hydrogen-bond acceptors (Lipinski definition) is 6. The quantitative estimate of drug-likeness (QED) is 0.505. The zero-order valence-corrected chi connectivity index (χ0v) is 16.7. The van der Waals surface area contributed by atoms with Gasteiger partial charge in [0.1, 0.15) is 23.1 Å². The fraction of sp³-hybridized carbons (Fsp3) is 0.130. The SMILES string of the molecule is COc1ccccc1CNc1cc(C(=O)Nc2cccc3cccnc23)nc(C)n1. The van der Waals surface area contributed by atoms with Crippen LogP contribution in [-0.4, -0.2) is 28.0 Å². The molecule has 0 saturated heterocycles. The van der Waals surface area contributed by atoms with E-state index in [2.05, 4.69) is 25.6 Å². The summed E-state index contributed by atoms with van der Waals surface area (Å²) in [7, 11) is 1.64. The zero-order chi connectivity index (χ0) is 20.9. The highest BCUT2D eigenvalue weighted by atomic mass is 16.5. The van der Waals surface area contributed by atoms with E-state index >= 15 is 0 Å². The van der Waals surface area contributed by atoms with Crippen LogP contribution in [0.1, 0.15) is 21.9 Å². The highest BCUT2D eigenvalue weighted by Crippen LogP contribution is 2.22. The number of rotatable bonds is 6. The molecule has 30 heavy (non-hydrogen) atoms. The largest absolute Gasteiger partial charge is 0.496 e. The number of amides is 1. The summed E-state index contributed by atoms with van der Waals surface area (Å²) in [5, 5.41) is 7.10. The predicted molar refractivity (Wildman–Crippen MR) is 117 cm³/mol. The van der Waals surface area contributed by atoms with Crippen LogP contribution in [0, 0.1) is 6.92 Å². The minimum atomic E-state index is -0.320. The third-order valence-corrected chi connectivity index (χ3v) is 4.60. The molecule has 150 valence electrons. The van der Waals surface area contributed by atoms with Gasteiger partial charge < -0.3 is 15.4 Å². The van der Waals surface area contributed by atoms with Crippen LogP contribution in [-0.2, 0) is 6.54 Å². The van der Waals surface area contributed by atoms with E-state index in [0.29, 0.717) is 23.9 Å². The topological polar surface area (TPSA) is 89.0 Å². The van der Waals surface area contributed by atoms with Gasteiger partial charge in [0, 0.05) is 29.8 Å². The van der Waals surface area contributed by atoms with E-state index in [-0.39, 0.29) is 11.6 Å². The van der Waals surface area contributed by atoms with E-state index in [4.69, 9.17) is 4.74 Å². The summed E-state index contributed by atoms with van der Waals surface area (Å²) in [6, 6.07) is 18.8. The van der Waals surface area contributed by atoms with Gasteiger partial charge in [-0.05, 0) is 25.1 Å². The highest BCUT2D eigenvalue weighted by molar-refractivity contribution is 6.07. The third-order valence-electron chi connectivity index (χ3n) is 4.60. The Morgan fingerprint density at radius 2 is 1.87 bits per heavy atom. The normalized spacial score (nSPS) is 10.6. The molecular weight excluding hydrogens is 378 g/mol. The molecule has 0 spiro atoms. The molecule has 7 heteroatoms. The van der Waals surface area contributed by atoms with Crippen LogP contribution in [0.5, 0.6) is 5.75 Å². The van der Waals surface area contributed by atoms with Gasteiger partial charge in [-0.1, -0.05) is 36.4 Å². The van der Waals surface area contributed by atoms with Gasteiger partial charge in [0.15, 0.2) is 0 Å². The summed E-state index contributed by atoms with van der Waals surface area (Å²) in [6.45, 7) is 2.26. The summed E-state index contributed by atoms with van der Waals surface area (Å²) in [5.74, 6) is 1.53. The Balaban J connectivity index is 1.54. The van der Waals surface area contributed by atoms with Gasteiger partial charge in [-0.2, -0.15) is 0 Å². The molecule has 0 aliphatic rings. The van der Waals surface area contributed by atoms with E-state index < -0.39 is 0 Å². The van der Waals surface area contributed by atoms with Gasteiger partial charge in [-0.15, -0.1) is 0 Å². The van der Waals surface area contributed by atoms with Crippen molar-refractivity contribution >= 4 is 28.3 Å². The molecule has 2 N–H and O–H groups in total. The lowest BCUT2D eigenvalue weighted by molar-refractivity contribution is 0.102. The highest BCUT2D eigenvalue weighted by Gasteiger charge is 2.13. The first-order valence-corrected chi connectivity index (χ1v) is 9.50. The molecule has 0 aliphatic heterocycles. The van der Waals surface area contributed by atoms with Crippen LogP contribution in [0.4, 0.5) is 11.5 Å². The lowest BCUT2D eigenvalue weighted by Gasteiger charge is -2.12. The molecule has 0 radical (unpaired) electrons. The number of fused-ring (bicyclic) bond motifs is 1. The molecule has 0 bridgehead atoms. The van der Waals surface area contributed by atoms with Crippen molar-refractivity contribution in [3.05, 3.63) is 83.9 Å². The van der Waals surface area contributed by atoms with Gasteiger partial charge in [-0.3, -0.25) is 9.78 Å². The van der Waals surface area contributed by atoms with Gasteiger partial charge in [0.25, 0.3) is 5.91 Å². The molecule has 2 aromatic heterocycles. The zero-order valence-electron chi connectivity index (χ0n) is 16.7. The Morgan fingerprint density at radius 3 is 2.73 bits per heavy atom. The number of carbonyl (C=O) groups is 1. The number of anilines is 2. The van der Waals surface area contributed by atoms with Crippen LogP contribution < -0.4 is 15.4 Å². The van der Waals surface area contributed by atoms with Gasteiger partial charge in [0.05, 0.1) is 18.3 Å². The molecule has 0 atom stereocenters. The second kappa shape index (κ2) is 8.57. The summed E-state index contributed by atoms with van der Waals surface area (Å²) < 4.78 is 5.38. The van der Waals surface area contributed by atoms with Crippen LogP contribution in [0.3, 0.4) is 0 Å². The number of carbonyl (C=O) groups excluding carboxylic acids is 1. The van der Waals surface area contributed by atoms with E-state index in [1.807, 2.05) is 54.6 Å². The Labute approximate surface area is 174 Å². The first-order valence-electron chi connectivity index (χ1n) is 9.50. The fourth-order valence-corrected chi connectivity index (χ4v) is 3.20. The summed E-state index contributed by atoms with van der Waals surface area (Å²) in [4.78, 5) is 25.9. The predicted octanol–water partition coefficient (Wildman–Crippen LogP) is 4.21. The van der Waals surface area contributed by atoms with Crippen molar-refractivity contribution in [2.24, 2.45) is 0 Å². The summed E-state index contributed by atoms with van der Waals surface area (Å²) >= 11 is 0. The minimum absolute atomic E-state index is 0.276. The molecule has 0 unspecified atom stereocenters. The van der Waals surface area contributed by atoms with Crippen LogP contribution >= 0.6 is 0 Å². The Bertz CT molecular complexity index is 1200. The lowest BCUT2D eigenvalue weighted by Crippen LogP contribution is -2.16. The molecule has 1 amide bonds. The standard InChI is InChI=1S/C23H21N5O2/c1-15-26-19(13-21(27-15)25-14-17-7-3-4-11-20(17)30-2)23(29)28-18-10-5-8-16-9-6-12-24-22(16)18/h3-13H,14H2,1-2H3,(H,28,29)(H,25,26,27). The van der Waals surface area contributed by atoms with Crippen LogP contribution in [0.15, 0.2) is 66.9 Å². The lowest BCUT2D eigenvalue weighted by atomic mass is 10.2. The van der Waals surface area contributed by atoms with Crippen molar-refractivity contribution in [1.82, 2.24) is 15.0 Å². The average Bonchev–Trinajstić information content (AvgIpc) is 2.77. The van der Waals surface area contributed by atoms with E-state index in [0.717, 1.165) is 22.2 Å². The molecule has 7 nitrogen and oxygen atoms in total. The second-order valence-electron chi connectivity index (χ2n) is 6.69. The van der Waals surface area contributed by atoms with Crippen molar-refractivity contribution in [1.29, 1.82) is 0 Å². The Morgan fingerprint density at radius 1 is 1.03 bits per heavy atom. The van der Waals surface area contributed by atoms with E-state index in [1.54, 1.807) is 26.3 Å². The first-order chi connectivity index (χ1) is 14.6. The molecule has 0 aliphatic carbocycles. The van der Waals surface area contributed by atoms with Crippen molar-refractivity contribution in [3.63, 3.8) is 0 Å². The Hall–Kier alpha value is -4.00. The number of benzene rings is 2. The summed E-state index contributed by atoms with van der Waals surface area (Å²) in [6.07, 6.45) is 1.70. The number of para-hydroxylation sites is 2. The molecule has 2 aromatic carbocycles. The number of hydrogen-bond donors (Lipinski definition) is 2. The minimum Gasteiger partial charge on any atom is -0.496 e. The first kappa shape index (κ1) is 19.3. The monoisotopic (exact) mass is 399 g/mol. The maximum atomic E-state index is 12.9. The maximum absolute atomic E-state index is 12.9. The number of aryl methyl sites for hydroxylation is 1. The van der Waals surface area contributed by atoms with Crippen molar-refractivity contribution in [3.8, 4) is 5.75 Å². The number of ether oxygens (including phenoxy) is 1. The summed E-state index contributed by atoms with van der Waals surface area (Å²) in [5.41, 5.74) is 2.63. The Kier molecular flexibility index (Phi) is 5.52. The van der Waals surface area contributed by atoms with Crippen molar-refractivity contribution in [2.75, 3.05) is 17.7 Å². The van der Waals surface area contributed by atoms with Crippen molar-refractivity contribution < 1.29 is 9.53 Å². The van der Waals surface area contributed by atoms with Crippen LogP contribution in [0.25, 0.3) is 10.9 Å². The molecule has 2 heterocycles. The smallest absolute Gasteiger partial charge is 0.274 e. The van der Waals surface area contributed by atoms with E-state index in [9.17, 15) is 4.79 Å². The third kappa shape index (κ3) is 4.20. The number of pyridine rings is 1. The molecule has 4 rings (SSSR count). The number of methoxy groups -OCH3 is 1. The van der Waals surface area contributed by atoms with Gasteiger partial charge in [-0.25, -0.2) is 9.97 Å². The maximum Gasteiger partial charge on any atom is 0.274 e. The molecule has 0 fully saturated rings. The van der Waals surface area contributed by atoms with Gasteiger partial charge >= 0.3 is 0 Å². The van der Waals surface area contributed by atoms with E-state index in [1.165, 1.54) is 0 Å². The average molecular weight is 399 g/mol. The molecule has 0 saturated carbocycles. The molecular formula is C23H21N5O2. The van der Waals surface area contributed by atoms with Crippen LogP contribution in [0.2, 0.25) is 0 Å². The van der Waals surface area contributed by atoms with Crippen molar-refractivity contribution in [2.45, 2.75) is 13.5 Å². The fourth-order valence-electron chi connectivity index (χ4n) is 3.20. The molecule has 4 aromatic rings.